The first-order chi connectivity index (χ1) is 10.1. The Morgan fingerprint density at radius 1 is 1.38 bits per heavy atom. The molecule has 0 bridgehead atoms. The zero-order chi connectivity index (χ0) is 15.2. The second-order valence-electron chi connectivity index (χ2n) is 5.24. The van der Waals surface area contributed by atoms with Crippen LogP contribution < -0.4 is 11.2 Å². The number of carbonyl (C=O) groups excluding carboxylic acids is 1. The zero-order valence-electron chi connectivity index (χ0n) is 12.2. The summed E-state index contributed by atoms with van der Waals surface area (Å²) in [5, 5.41) is 3.95. The molecule has 6 heteroatoms. The number of para-hydroxylation sites is 1. The Labute approximate surface area is 123 Å². The second-order valence-corrected chi connectivity index (χ2v) is 5.24. The number of rotatable bonds is 5. The summed E-state index contributed by atoms with van der Waals surface area (Å²) in [5.41, 5.74) is 10.6. The van der Waals surface area contributed by atoms with E-state index in [1.807, 2.05) is 32.0 Å². The van der Waals surface area contributed by atoms with Gasteiger partial charge >= 0.3 is 0 Å². The fourth-order valence-corrected chi connectivity index (χ4v) is 1.98. The highest BCUT2D eigenvalue weighted by Crippen LogP contribution is 2.11. The molecule has 110 valence electrons. The van der Waals surface area contributed by atoms with E-state index in [9.17, 15) is 4.79 Å². The standard InChI is InChI=1S/C15H19N5O/c1-10(2)8-12(16)15(21)20-19-9-11-4-3-5-13-14(11)18-7-6-17-13/h3-7,9-10,12H,8,16H2,1-2H3,(H,20,21)/t12-/m0/s1. The molecular formula is C15H19N5O. The van der Waals surface area contributed by atoms with E-state index < -0.39 is 6.04 Å². The molecule has 0 fully saturated rings. The average Bonchev–Trinajstić information content (AvgIpc) is 2.46. The minimum absolute atomic E-state index is 0.286. The molecule has 1 atom stereocenters. The monoisotopic (exact) mass is 285 g/mol. The molecule has 1 aromatic carbocycles. The molecule has 0 saturated heterocycles. The molecular weight excluding hydrogens is 266 g/mol. The van der Waals surface area contributed by atoms with Crippen LogP contribution in [-0.2, 0) is 4.79 Å². The van der Waals surface area contributed by atoms with E-state index in [2.05, 4.69) is 20.5 Å². The number of benzene rings is 1. The summed E-state index contributed by atoms with van der Waals surface area (Å²) in [6.45, 7) is 4.04. The van der Waals surface area contributed by atoms with Gasteiger partial charge in [-0.1, -0.05) is 26.0 Å². The van der Waals surface area contributed by atoms with Crippen LogP contribution in [0.1, 0.15) is 25.8 Å². The highest BCUT2D eigenvalue weighted by molar-refractivity contribution is 5.96. The van der Waals surface area contributed by atoms with Gasteiger partial charge in [-0.05, 0) is 18.4 Å². The van der Waals surface area contributed by atoms with Crippen molar-refractivity contribution in [3.63, 3.8) is 0 Å². The van der Waals surface area contributed by atoms with Crippen molar-refractivity contribution in [3.05, 3.63) is 36.2 Å². The van der Waals surface area contributed by atoms with E-state index in [1.165, 1.54) is 0 Å². The highest BCUT2D eigenvalue weighted by Gasteiger charge is 2.13. The number of fused-ring (bicyclic) bond motifs is 1. The largest absolute Gasteiger partial charge is 0.320 e. The summed E-state index contributed by atoms with van der Waals surface area (Å²) in [5.74, 6) is 0.0781. The normalized spacial score (nSPS) is 13.0. The molecule has 0 unspecified atom stereocenters. The Morgan fingerprint density at radius 2 is 2.14 bits per heavy atom. The molecule has 2 rings (SSSR count). The number of nitrogens with one attached hydrogen (secondary N) is 1. The van der Waals surface area contributed by atoms with Gasteiger partial charge < -0.3 is 5.73 Å². The van der Waals surface area contributed by atoms with Crippen LogP contribution in [-0.4, -0.2) is 28.1 Å². The number of nitrogens with zero attached hydrogens (tertiary/aromatic N) is 3. The Bertz CT molecular complexity index is 648. The van der Waals surface area contributed by atoms with Crippen molar-refractivity contribution >= 4 is 23.2 Å². The number of hydrogen-bond acceptors (Lipinski definition) is 5. The van der Waals surface area contributed by atoms with Gasteiger partial charge in [0.15, 0.2) is 0 Å². The molecule has 21 heavy (non-hydrogen) atoms. The highest BCUT2D eigenvalue weighted by atomic mass is 16.2. The van der Waals surface area contributed by atoms with Crippen molar-refractivity contribution in [1.82, 2.24) is 15.4 Å². The van der Waals surface area contributed by atoms with Crippen LogP contribution in [0.3, 0.4) is 0 Å². The van der Waals surface area contributed by atoms with Crippen molar-refractivity contribution < 1.29 is 4.79 Å². The Kier molecular flexibility index (Phi) is 4.94. The summed E-state index contributed by atoms with van der Waals surface area (Å²) in [7, 11) is 0. The maximum Gasteiger partial charge on any atom is 0.256 e. The Balaban J connectivity index is 2.05. The van der Waals surface area contributed by atoms with Crippen molar-refractivity contribution in [2.45, 2.75) is 26.3 Å². The van der Waals surface area contributed by atoms with Crippen molar-refractivity contribution in [2.24, 2.45) is 16.8 Å². The van der Waals surface area contributed by atoms with Gasteiger partial charge in [-0.3, -0.25) is 14.8 Å². The summed E-state index contributed by atoms with van der Waals surface area (Å²) < 4.78 is 0. The molecule has 1 aromatic heterocycles. The lowest BCUT2D eigenvalue weighted by Crippen LogP contribution is -2.39. The van der Waals surface area contributed by atoms with E-state index in [4.69, 9.17) is 5.73 Å². The second kappa shape index (κ2) is 6.90. The summed E-state index contributed by atoms with van der Waals surface area (Å²) in [6.07, 6.45) is 5.44. The first kappa shape index (κ1) is 15.1. The van der Waals surface area contributed by atoms with E-state index in [-0.39, 0.29) is 5.91 Å². The molecule has 0 saturated carbocycles. The maximum absolute atomic E-state index is 11.8. The minimum Gasteiger partial charge on any atom is -0.320 e. The number of aromatic nitrogens is 2. The predicted octanol–water partition coefficient (Wildman–Crippen LogP) is 1.45. The third-order valence-electron chi connectivity index (χ3n) is 2.97. The fourth-order valence-electron chi connectivity index (χ4n) is 1.98. The van der Waals surface area contributed by atoms with Gasteiger partial charge in [0.25, 0.3) is 5.91 Å². The summed E-state index contributed by atoms with van der Waals surface area (Å²) >= 11 is 0. The van der Waals surface area contributed by atoms with Crippen LogP contribution in [0.5, 0.6) is 0 Å². The van der Waals surface area contributed by atoms with E-state index in [0.717, 1.165) is 16.6 Å². The number of amides is 1. The first-order valence-electron chi connectivity index (χ1n) is 6.86. The van der Waals surface area contributed by atoms with Crippen LogP contribution in [0.15, 0.2) is 35.7 Å². The van der Waals surface area contributed by atoms with Gasteiger partial charge in [0, 0.05) is 18.0 Å². The van der Waals surface area contributed by atoms with Crippen LogP contribution in [0.25, 0.3) is 11.0 Å². The summed E-state index contributed by atoms with van der Waals surface area (Å²) in [6, 6.07) is 5.05. The SMILES string of the molecule is CC(C)C[C@H](N)C(=O)NN=Cc1cccc2nccnc12. The summed E-state index contributed by atoms with van der Waals surface area (Å²) in [4.78, 5) is 20.2. The predicted molar refractivity (Wildman–Crippen MR) is 82.7 cm³/mol. The Morgan fingerprint density at radius 3 is 2.90 bits per heavy atom. The zero-order valence-corrected chi connectivity index (χ0v) is 12.2. The molecule has 1 heterocycles. The van der Waals surface area contributed by atoms with Gasteiger partial charge in [0.05, 0.1) is 23.3 Å². The van der Waals surface area contributed by atoms with Crippen molar-refractivity contribution in [2.75, 3.05) is 0 Å². The minimum atomic E-state index is -0.547. The topological polar surface area (TPSA) is 93.3 Å². The number of nitrogens with two attached hydrogens (primary N) is 1. The smallest absolute Gasteiger partial charge is 0.256 e. The molecule has 1 amide bonds. The molecule has 0 spiro atoms. The molecule has 0 radical (unpaired) electrons. The molecule has 0 aliphatic rings. The fraction of sp³-hybridized carbons (Fsp3) is 0.333. The quantitative estimate of drug-likeness (QED) is 0.642. The third kappa shape index (κ3) is 4.06. The molecule has 0 aliphatic heterocycles. The van der Waals surface area contributed by atoms with Crippen LogP contribution in [0.2, 0.25) is 0 Å². The van der Waals surface area contributed by atoms with E-state index >= 15 is 0 Å². The van der Waals surface area contributed by atoms with E-state index in [0.29, 0.717) is 12.3 Å². The average molecular weight is 285 g/mol. The van der Waals surface area contributed by atoms with Gasteiger partial charge in [0.1, 0.15) is 0 Å². The molecule has 6 nitrogen and oxygen atoms in total. The maximum atomic E-state index is 11.8. The number of carbonyl (C=O) groups is 1. The molecule has 2 aromatic rings. The first-order valence-corrected chi connectivity index (χ1v) is 6.86. The van der Waals surface area contributed by atoms with Crippen LogP contribution >= 0.6 is 0 Å². The lowest BCUT2D eigenvalue weighted by atomic mass is 10.0. The van der Waals surface area contributed by atoms with Crippen LogP contribution in [0, 0.1) is 5.92 Å². The number of hydrogen-bond donors (Lipinski definition) is 2. The van der Waals surface area contributed by atoms with Gasteiger partial charge in [-0.25, -0.2) is 5.43 Å². The lowest BCUT2D eigenvalue weighted by molar-refractivity contribution is -0.122. The van der Waals surface area contributed by atoms with Gasteiger partial charge in [0.2, 0.25) is 0 Å². The third-order valence-corrected chi connectivity index (χ3v) is 2.97. The lowest BCUT2D eigenvalue weighted by Gasteiger charge is -2.11. The van der Waals surface area contributed by atoms with E-state index in [1.54, 1.807) is 18.6 Å². The Hall–Kier alpha value is -2.34. The van der Waals surface area contributed by atoms with Crippen LogP contribution in [0.4, 0.5) is 0 Å². The van der Waals surface area contributed by atoms with Crippen molar-refractivity contribution in [3.8, 4) is 0 Å². The van der Waals surface area contributed by atoms with Gasteiger partial charge in [-0.15, -0.1) is 0 Å². The van der Waals surface area contributed by atoms with Gasteiger partial charge in [-0.2, -0.15) is 5.10 Å². The molecule has 0 aliphatic carbocycles. The van der Waals surface area contributed by atoms with Crippen molar-refractivity contribution in [1.29, 1.82) is 0 Å². The molecule has 3 N–H and O–H groups in total. The number of hydrazone groups is 1.